The highest BCUT2D eigenvalue weighted by molar-refractivity contribution is 6.53. The number of nitrogens with zero attached hydrogens (tertiary/aromatic N) is 1. The molecule has 0 unspecified atom stereocenters. The number of carbonyl (C=O) groups excluding carboxylic acids is 2. The van der Waals surface area contributed by atoms with Crippen LogP contribution >= 0.6 is 11.6 Å². The van der Waals surface area contributed by atoms with Gasteiger partial charge in [0.2, 0.25) is 0 Å². The van der Waals surface area contributed by atoms with Crippen molar-refractivity contribution in [3.8, 4) is 5.75 Å². The molecule has 0 spiro atoms. The summed E-state index contributed by atoms with van der Waals surface area (Å²) >= 11 is 6.16. The van der Waals surface area contributed by atoms with Gasteiger partial charge in [-0.05, 0) is 54.8 Å². The van der Waals surface area contributed by atoms with Crippen LogP contribution < -0.4 is 15.0 Å². The molecule has 0 fully saturated rings. The zero-order valence-electron chi connectivity index (χ0n) is 15.5. The zero-order chi connectivity index (χ0) is 19.6. The summed E-state index contributed by atoms with van der Waals surface area (Å²) in [6, 6.07) is 14.4. The summed E-state index contributed by atoms with van der Waals surface area (Å²) in [7, 11) is 0. The quantitative estimate of drug-likeness (QED) is 0.737. The summed E-state index contributed by atoms with van der Waals surface area (Å²) in [5, 5.41) is 2.86. The number of amides is 2. The Hall–Kier alpha value is -2.79. The molecule has 27 heavy (non-hydrogen) atoms. The first-order chi connectivity index (χ1) is 12.9. The molecule has 0 aromatic heterocycles. The third-order valence-corrected chi connectivity index (χ3v) is 4.63. The molecule has 2 aromatic carbocycles. The molecule has 3 rings (SSSR count). The fourth-order valence-corrected chi connectivity index (χ4v) is 3.01. The van der Waals surface area contributed by atoms with Crippen molar-refractivity contribution in [3.63, 3.8) is 0 Å². The number of carbonyl (C=O) groups is 2. The predicted molar refractivity (Wildman–Crippen MR) is 107 cm³/mol. The third-order valence-electron chi connectivity index (χ3n) is 4.28. The summed E-state index contributed by atoms with van der Waals surface area (Å²) in [6.45, 7) is 6.64. The van der Waals surface area contributed by atoms with Crippen LogP contribution in [0.15, 0.2) is 59.3 Å². The molecule has 1 heterocycles. The van der Waals surface area contributed by atoms with Crippen molar-refractivity contribution in [2.75, 3.05) is 16.8 Å². The second-order valence-electron chi connectivity index (χ2n) is 6.46. The fraction of sp³-hybridized carbons (Fsp3) is 0.238. The molecule has 1 N–H and O–H groups in total. The van der Waals surface area contributed by atoms with E-state index in [0.717, 1.165) is 4.90 Å². The smallest absolute Gasteiger partial charge is 0.283 e. The summed E-state index contributed by atoms with van der Waals surface area (Å²) in [5.74, 6) is 0.0453. The number of anilines is 2. The lowest BCUT2D eigenvalue weighted by Gasteiger charge is -2.16. The van der Waals surface area contributed by atoms with E-state index in [-0.39, 0.29) is 10.7 Å². The van der Waals surface area contributed by atoms with Crippen LogP contribution in [-0.4, -0.2) is 18.4 Å². The van der Waals surface area contributed by atoms with E-state index in [2.05, 4.69) is 19.2 Å². The van der Waals surface area contributed by atoms with E-state index in [1.165, 1.54) is 5.56 Å². The van der Waals surface area contributed by atoms with Crippen molar-refractivity contribution >= 4 is 34.8 Å². The molecule has 0 radical (unpaired) electrons. The number of benzene rings is 2. The second kappa shape index (κ2) is 7.84. The fourth-order valence-electron chi connectivity index (χ4n) is 2.80. The molecular weight excluding hydrogens is 364 g/mol. The van der Waals surface area contributed by atoms with E-state index in [1.54, 1.807) is 24.3 Å². The number of nitrogens with one attached hydrogen (secondary N) is 1. The lowest BCUT2D eigenvalue weighted by atomic mass is 10.0. The standard InChI is InChI=1S/C21H21ClN2O3/c1-4-27-17-11-9-16(10-12-17)24-20(25)18(22)19(21(24)26)23-15-7-5-14(6-8-15)13(2)3/h5-13,23H,4H2,1-3H3. The minimum absolute atomic E-state index is 0.0767. The van der Waals surface area contributed by atoms with Crippen molar-refractivity contribution in [2.24, 2.45) is 0 Å². The van der Waals surface area contributed by atoms with Crippen LogP contribution in [0.4, 0.5) is 11.4 Å². The van der Waals surface area contributed by atoms with Gasteiger partial charge in [0.1, 0.15) is 16.5 Å². The van der Waals surface area contributed by atoms with Crippen LogP contribution in [0.25, 0.3) is 0 Å². The van der Waals surface area contributed by atoms with Crippen molar-refractivity contribution in [2.45, 2.75) is 26.7 Å². The zero-order valence-corrected chi connectivity index (χ0v) is 16.2. The molecular formula is C21H21ClN2O3. The first kappa shape index (κ1) is 19.0. The molecule has 1 aliphatic heterocycles. The predicted octanol–water partition coefficient (Wildman–Crippen LogP) is 4.64. The van der Waals surface area contributed by atoms with Crippen LogP contribution in [0.3, 0.4) is 0 Å². The van der Waals surface area contributed by atoms with Gasteiger partial charge in [-0.15, -0.1) is 0 Å². The van der Waals surface area contributed by atoms with Crippen molar-refractivity contribution in [1.82, 2.24) is 0 Å². The van der Waals surface area contributed by atoms with Crippen LogP contribution in [-0.2, 0) is 9.59 Å². The highest BCUT2D eigenvalue weighted by Gasteiger charge is 2.38. The molecule has 2 aromatic rings. The Morgan fingerprint density at radius 2 is 1.63 bits per heavy atom. The number of ether oxygens (including phenoxy) is 1. The van der Waals surface area contributed by atoms with Gasteiger partial charge in [0, 0.05) is 5.69 Å². The van der Waals surface area contributed by atoms with Crippen molar-refractivity contribution in [3.05, 3.63) is 64.8 Å². The van der Waals surface area contributed by atoms with E-state index in [0.29, 0.717) is 29.6 Å². The van der Waals surface area contributed by atoms with Gasteiger partial charge in [0.05, 0.1) is 12.3 Å². The average molecular weight is 385 g/mol. The van der Waals surface area contributed by atoms with Crippen molar-refractivity contribution < 1.29 is 14.3 Å². The molecule has 0 bridgehead atoms. The van der Waals surface area contributed by atoms with Crippen LogP contribution in [0.5, 0.6) is 5.75 Å². The maximum absolute atomic E-state index is 12.8. The molecule has 140 valence electrons. The maximum atomic E-state index is 12.8. The Balaban J connectivity index is 1.81. The van der Waals surface area contributed by atoms with Crippen LogP contribution in [0.2, 0.25) is 0 Å². The highest BCUT2D eigenvalue weighted by atomic mass is 35.5. The largest absolute Gasteiger partial charge is 0.494 e. The molecule has 0 aliphatic carbocycles. The molecule has 0 atom stereocenters. The van der Waals surface area contributed by atoms with Gasteiger partial charge in [-0.3, -0.25) is 9.59 Å². The van der Waals surface area contributed by atoms with Gasteiger partial charge in [-0.2, -0.15) is 0 Å². The summed E-state index contributed by atoms with van der Waals surface area (Å²) in [6.07, 6.45) is 0. The topological polar surface area (TPSA) is 58.6 Å². The summed E-state index contributed by atoms with van der Waals surface area (Å²) < 4.78 is 5.39. The Labute approximate surface area is 163 Å². The first-order valence-corrected chi connectivity index (χ1v) is 9.18. The molecule has 0 saturated heterocycles. The number of halogens is 1. The third kappa shape index (κ3) is 3.83. The van der Waals surface area contributed by atoms with Gasteiger partial charge in [0.25, 0.3) is 11.8 Å². The maximum Gasteiger partial charge on any atom is 0.283 e. The Morgan fingerprint density at radius 3 is 2.19 bits per heavy atom. The highest BCUT2D eigenvalue weighted by Crippen LogP contribution is 2.31. The monoisotopic (exact) mass is 384 g/mol. The number of hydrogen-bond acceptors (Lipinski definition) is 4. The Morgan fingerprint density at radius 1 is 1.00 bits per heavy atom. The van der Waals surface area contributed by atoms with Gasteiger partial charge in [-0.1, -0.05) is 37.6 Å². The number of rotatable bonds is 6. The lowest BCUT2D eigenvalue weighted by Crippen LogP contribution is -2.32. The summed E-state index contributed by atoms with van der Waals surface area (Å²) in [4.78, 5) is 26.4. The number of imide groups is 1. The first-order valence-electron chi connectivity index (χ1n) is 8.80. The van der Waals surface area contributed by atoms with E-state index < -0.39 is 11.8 Å². The SMILES string of the molecule is CCOc1ccc(N2C(=O)C(Cl)=C(Nc3ccc(C(C)C)cc3)C2=O)cc1. The second-order valence-corrected chi connectivity index (χ2v) is 6.84. The van der Waals surface area contributed by atoms with Crippen LogP contribution in [0, 0.1) is 0 Å². The van der Waals surface area contributed by atoms with Gasteiger partial charge in [0.15, 0.2) is 0 Å². The molecule has 1 aliphatic rings. The molecule has 6 heteroatoms. The molecule has 5 nitrogen and oxygen atoms in total. The van der Waals surface area contributed by atoms with E-state index >= 15 is 0 Å². The van der Waals surface area contributed by atoms with Crippen LogP contribution in [0.1, 0.15) is 32.3 Å². The molecule has 0 saturated carbocycles. The Kier molecular flexibility index (Phi) is 5.51. The van der Waals surface area contributed by atoms with E-state index in [9.17, 15) is 9.59 Å². The van der Waals surface area contributed by atoms with Gasteiger partial charge < -0.3 is 10.1 Å². The lowest BCUT2D eigenvalue weighted by molar-refractivity contribution is -0.120. The van der Waals surface area contributed by atoms with E-state index in [1.807, 2.05) is 31.2 Å². The summed E-state index contributed by atoms with van der Waals surface area (Å²) in [5.41, 5.74) is 2.40. The average Bonchev–Trinajstić information content (AvgIpc) is 2.87. The molecule has 2 amide bonds. The van der Waals surface area contributed by atoms with Gasteiger partial charge in [-0.25, -0.2) is 4.90 Å². The number of hydrogen-bond donors (Lipinski definition) is 1. The normalized spacial score (nSPS) is 14.3. The minimum atomic E-state index is -0.549. The Bertz CT molecular complexity index is 887. The van der Waals surface area contributed by atoms with Crippen molar-refractivity contribution in [1.29, 1.82) is 0 Å². The minimum Gasteiger partial charge on any atom is -0.494 e. The van der Waals surface area contributed by atoms with E-state index in [4.69, 9.17) is 16.3 Å². The van der Waals surface area contributed by atoms with Gasteiger partial charge >= 0.3 is 0 Å².